The highest BCUT2D eigenvalue weighted by molar-refractivity contribution is 7.60. The highest BCUT2D eigenvalue weighted by Gasteiger charge is 2.27. The Kier molecular flexibility index (Phi) is 7.96. The lowest BCUT2D eigenvalue weighted by molar-refractivity contribution is -0.139. The molecule has 0 rings (SSSR count). The first-order chi connectivity index (χ1) is 6.89. The Morgan fingerprint density at radius 3 is 1.50 bits per heavy atom. The number of hydrogen-bond donors (Lipinski definition) is 7. The Bertz CT molecular complexity index is 283. The predicted octanol–water partition coefficient (Wildman–Crippen LogP) is -2.42. The molecule has 0 heterocycles. The Labute approximate surface area is 89.0 Å². The van der Waals surface area contributed by atoms with E-state index >= 15 is 0 Å². The molecule has 0 radical (unpaired) electrons. The van der Waals surface area contributed by atoms with Crippen molar-refractivity contribution in [3.05, 3.63) is 0 Å². The SMILES string of the molecule is N[C@@H](CO)C(=O)O.O=P(O)(O)OP(=O)(O)O. The van der Waals surface area contributed by atoms with Crippen LogP contribution in [0.5, 0.6) is 0 Å². The number of phosphoric acid groups is 2. The van der Waals surface area contributed by atoms with Crippen molar-refractivity contribution < 1.29 is 48.0 Å². The van der Waals surface area contributed by atoms with Crippen molar-refractivity contribution >= 4 is 21.6 Å². The molecule has 1 atom stereocenters. The zero-order valence-electron chi connectivity index (χ0n) is 7.57. The number of aliphatic hydroxyl groups is 1. The van der Waals surface area contributed by atoms with E-state index in [9.17, 15) is 13.9 Å². The van der Waals surface area contributed by atoms with Gasteiger partial charge in [0.15, 0.2) is 0 Å². The summed E-state index contributed by atoms with van der Waals surface area (Å²) < 4.78 is 22.2. The first kappa shape index (κ1) is 18.0. The van der Waals surface area contributed by atoms with Crippen LogP contribution in [0.1, 0.15) is 0 Å². The van der Waals surface area contributed by atoms with Gasteiger partial charge in [-0.05, 0) is 0 Å². The fraction of sp³-hybridized carbons (Fsp3) is 0.667. The molecule has 11 nitrogen and oxygen atoms in total. The van der Waals surface area contributed by atoms with E-state index in [1.54, 1.807) is 0 Å². The summed E-state index contributed by atoms with van der Waals surface area (Å²) >= 11 is 0. The summed E-state index contributed by atoms with van der Waals surface area (Å²) in [5.74, 6) is -1.18. The summed E-state index contributed by atoms with van der Waals surface area (Å²) in [6, 6.07) is -1.13. The summed E-state index contributed by atoms with van der Waals surface area (Å²) in [5, 5.41) is 15.9. The smallest absolute Gasteiger partial charge is 0.478 e. The number of carboxylic acids is 1. The Hall–Kier alpha value is -0.350. The van der Waals surface area contributed by atoms with Crippen LogP contribution in [0.3, 0.4) is 0 Å². The largest absolute Gasteiger partial charge is 0.480 e. The van der Waals surface area contributed by atoms with Gasteiger partial charge in [-0.1, -0.05) is 0 Å². The summed E-state index contributed by atoms with van der Waals surface area (Å²) in [5.41, 5.74) is 4.77. The van der Waals surface area contributed by atoms with Gasteiger partial charge in [0.05, 0.1) is 6.61 Å². The number of rotatable bonds is 4. The molecule has 0 aromatic carbocycles. The molecule has 0 aliphatic heterocycles. The van der Waals surface area contributed by atoms with Gasteiger partial charge in [0, 0.05) is 0 Å². The quantitative estimate of drug-likeness (QED) is 0.270. The van der Waals surface area contributed by atoms with Crippen molar-refractivity contribution in [3.63, 3.8) is 0 Å². The number of hydrogen-bond acceptors (Lipinski definition) is 6. The van der Waals surface area contributed by atoms with Gasteiger partial charge < -0.3 is 35.5 Å². The van der Waals surface area contributed by atoms with Crippen LogP contribution in [0.25, 0.3) is 0 Å². The first-order valence-corrected chi connectivity index (χ1v) is 6.37. The van der Waals surface area contributed by atoms with E-state index in [0.717, 1.165) is 0 Å². The second kappa shape index (κ2) is 7.07. The molecule has 98 valence electrons. The van der Waals surface area contributed by atoms with Gasteiger partial charge in [0.2, 0.25) is 0 Å². The molecule has 8 N–H and O–H groups in total. The molecular formula is C3H11NO10P2. The van der Waals surface area contributed by atoms with E-state index in [2.05, 4.69) is 4.31 Å². The summed E-state index contributed by atoms with van der Waals surface area (Å²) in [6.45, 7) is -0.505. The lowest BCUT2D eigenvalue weighted by Gasteiger charge is -2.03. The zero-order valence-corrected chi connectivity index (χ0v) is 9.36. The van der Waals surface area contributed by atoms with Gasteiger partial charge >= 0.3 is 21.6 Å². The minimum atomic E-state index is -5.05. The highest BCUT2D eigenvalue weighted by Crippen LogP contribution is 2.53. The number of nitrogens with two attached hydrogens (primary N) is 1. The van der Waals surface area contributed by atoms with E-state index in [1.807, 2.05) is 0 Å². The highest BCUT2D eigenvalue weighted by atomic mass is 31.3. The van der Waals surface area contributed by atoms with Crippen molar-refractivity contribution in [2.75, 3.05) is 6.61 Å². The first-order valence-electron chi connectivity index (χ1n) is 3.30. The van der Waals surface area contributed by atoms with Crippen molar-refractivity contribution in [2.45, 2.75) is 6.04 Å². The van der Waals surface area contributed by atoms with Crippen LogP contribution >= 0.6 is 15.6 Å². The Morgan fingerprint density at radius 1 is 1.19 bits per heavy atom. The summed E-state index contributed by atoms with van der Waals surface area (Å²) in [7, 11) is -10.1. The normalized spacial score (nSPS) is 13.6. The molecule has 0 saturated carbocycles. The van der Waals surface area contributed by atoms with E-state index < -0.39 is 34.3 Å². The molecule has 0 amide bonds. The van der Waals surface area contributed by atoms with Crippen LogP contribution in [0.15, 0.2) is 0 Å². The summed E-state index contributed by atoms with van der Waals surface area (Å²) in [6.07, 6.45) is 0. The lowest BCUT2D eigenvalue weighted by Crippen LogP contribution is -2.33. The average Bonchev–Trinajstić information content (AvgIpc) is 1.96. The second-order valence-electron chi connectivity index (χ2n) is 2.19. The number of carboxylic acid groups (broad SMARTS) is 1. The van der Waals surface area contributed by atoms with E-state index in [-0.39, 0.29) is 0 Å². The number of carbonyl (C=O) groups is 1. The maximum Gasteiger partial charge on any atom is 0.478 e. The van der Waals surface area contributed by atoms with Gasteiger partial charge in [0.1, 0.15) is 6.04 Å². The van der Waals surface area contributed by atoms with E-state index in [4.69, 9.17) is 35.5 Å². The molecule has 0 saturated heterocycles. The van der Waals surface area contributed by atoms with Gasteiger partial charge in [-0.15, -0.1) is 0 Å². The van der Waals surface area contributed by atoms with Gasteiger partial charge in [-0.3, -0.25) is 4.79 Å². The molecule has 0 aliphatic rings. The van der Waals surface area contributed by atoms with Crippen molar-refractivity contribution in [1.82, 2.24) is 0 Å². The Balaban J connectivity index is 0. The van der Waals surface area contributed by atoms with Gasteiger partial charge in [-0.25, -0.2) is 9.13 Å². The lowest BCUT2D eigenvalue weighted by atomic mass is 10.3. The van der Waals surface area contributed by atoms with Crippen LogP contribution in [0.2, 0.25) is 0 Å². The van der Waals surface area contributed by atoms with Crippen LogP contribution in [-0.2, 0) is 18.2 Å². The summed E-state index contributed by atoms with van der Waals surface area (Å²) in [4.78, 5) is 40.6. The molecular weight excluding hydrogens is 272 g/mol. The molecule has 16 heavy (non-hydrogen) atoms. The molecule has 0 spiro atoms. The van der Waals surface area contributed by atoms with Crippen LogP contribution in [0.4, 0.5) is 0 Å². The third-order valence-electron chi connectivity index (χ3n) is 0.727. The molecule has 13 heteroatoms. The topological polar surface area (TPSA) is 208 Å². The van der Waals surface area contributed by atoms with Crippen LogP contribution in [0, 0.1) is 0 Å². The maximum atomic E-state index is 9.65. The second-order valence-corrected chi connectivity index (χ2v) is 4.81. The van der Waals surface area contributed by atoms with Gasteiger partial charge in [0.25, 0.3) is 0 Å². The predicted molar refractivity (Wildman–Crippen MR) is 47.9 cm³/mol. The van der Waals surface area contributed by atoms with Crippen LogP contribution in [-0.4, -0.2) is 48.4 Å². The zero-order chi connectivity index (χ0) is 13.6. The monoisotopic (exact) mass is 283 g/mol. The molecule has 0 fully saturated rings. The standard InChI is InChI=1S/C3H7NO3.H4O7P2/c4-2(1-5)3(6)7;1-8(2,3)7-9(4,5)6/h2,5H,1,4H2,(H,6,7);(H2,1,2,3)(H2,4,5,6)/t2-;/m0./s1. The fourth-order valence-electron chi connectivity index (χ4n) is 0.217. The fourth-order valence-corrected chi connectivity index (χ4v) is 1.33. The van der Waals surface area contributed by atoms with Crippen molar-refractivity contribution in [1.29, 1.82) is 0 Å². The van der Waals surface area contributed by atoms with Crippen LogP contribution < -0.4 is 5.73 Å². The molecule has 0 unspecified atom stereocenters. The van der Waals surface area contributed by atoms with Crippen molar-refractivity contribution in [2.24, 2.45) is 5.73 Å². The molecule has 0 bridgehead atoms. The number of aliphatic carboxylic acids is 1. The average molecular weight is 283 g/mol. The molecule has 0 aromatic rings. The third-order valence-corrected chi connectivity index (χ3v) is 2.43. The maximum absolute atomic E-state index is 9.65. The Morgan fingerprint density at radius 2 is 1.50 bits per heavy atom. The van der Waals surface area contributed by atoms with E-state index in [1.165, 1.54) is 0 Å². The van der Waals surface area contributed by atoms with E-state index in [0.29, 0.717) is 0 Å². The minimum absolute atomic E-state index is 0.505. The van der Waals surface area contributed by atoms with Gasteiger partial charge in [-0.2, -0.15) is 4.31 Å². The number of aliphatic hydroxyl groups excluding tert-OH is 1. The van der Waals surface area contributed by atoms with Crippen molar-refractivity contribution in [3.8, 4) is 0 Å². The molecule has 0 aliphatic carbocycles. The minimum Gasteiger partial charge on any atom is -0.480 e. The molecule has 0 aromatic heterocycles. The third kappa shape index (κ3) is 16.1.